The van der Waals surface area contributed by atoms with E-state index in [-0.39, 0.29) is 0 Å². The molecular weight excluding hydrogens is 194 g/mol. The average Bonchev–Trinajstić information content (AvgIpc) is 2.01. The number of anilines is 1. The van der Waals surface area contributed by atoms with E-state index >= 15 is 0 Å². The summed E-state index contributed by atoms with van der Waals surface area (Å²) in [4.78, 5) is 0. The fraction of sp³-hybridized carbons (Fsp3) is 0.500. The number of rotatable bonds is 4. The third-order valence-electron chi connectivity index (χ3n) is 2.06. The van der Waals surface area contributed by atoms with Crippen molar-refractivity contribution in [2.24, 2.45) is 5.92 Å². The SMILES string of the molecule is CC(C)C[C@H](C)Nc1cccc(Cl)c1. The number of hydrogen-bond acceptors (Lipinski definition) is 1. The Morgan fingerprint density at radius 1 is 1.29 bits per heavy atom. The molecule has 0 saturated carbocycles. The van der Waals surface area contributed by atoms with Crippen LogP contribution in [0, 0.1) is 5.92 Å². The summed E-state index contributed by atoms with van der Waals surface area (Å²) in [6.45, 7) is 6.66. The molecule has 1 aromatic rings. The van der Waals surface area contributed by atoms with Gasteiger partial charge in [-0.25, -0.2) is 0 Å². The molecule has 14 heavy (non-hydrogen) atoms. The largest absolute Gasteiger partial charge is 0.383 e. The Kier molecular flexibility index (Phi) is 4.27. The highest BCUT2D eigenvalue weighted by Gasteiger charge is 2.04. The lowest BCUT2D eigenvalue weighted by molar-refractivity contribution is 0.540. The second-order valence-corrected chi connectivity index (χ2v) is 4.62. The van der Waals surface area contributed by atoms with E-state index in [1.54, 1.807) is 0 Å². The molecule has 0 bridgehead atoms. The predicted octanol–water partition coefficient (Wildman–Crippen LogP) is 4.19. The van der Waals surface area contributed by atoms with Crippen LogP contribution in [0.5, 0.6) is 0 Å². The Hall–Kier alpha value is -0.690. The third kappa shape index (κ3) is 4.01. The van der Waals surface area contributed by atoms with E-state index < -0.39 is 0 Å². The van der Waals surface area contributed by atoms with Crippen LogP contribution in [0.15, 0.2) is 24.3 Å². The van der Waals surface area contributed by atoms with E-state index in [1.807, 2.05) is 24.3 Å². The first-order valence-corrected chi connectivity index (χ1v) is 5.48. The lowest BCUT2D eigenvalue weighted by atomic mass is 10.1. The Morgan fingerprint density at radius 2 is 2.00 bits per heavy atom. The van der Waals surface area contributed by atoms with Crippen molar-refractivity contribution in [2.75, 3.05) is 5.32 Å². The van der Waals surface area contributed by atoms with Gasteiger partial charge in [0.25, 0.3) is 0 Å². The number of benzene rings is 1. The first kappa shape index (κ1) is 11.4. The first-order valence-electron chi connectivity index (χ1n) is 5.10. The van der Waals surface area contributed by atoms with E-state index in [9.17, 15) is 0 Å². The van der Waals surface area contributed by atoms with Crippen molar-refractivity contribution in [2.45, 2.75) is 33.2 Å². The van der Waals surface area contributed by atoms with Gasteiger partial charge in [-0.3, -0.25) is 0 Å². The molecule has 2 heteroatoms. The van der Waals surface area contributed by atoms with Crippen LogP contribution in [-0.4, -0.2) is 6.04 Å². The van der Waals surface area contributed by atoms with E-state index in [0.717, 1.165) is 16.6 Å². The second-order valence-electron chi connectivity index (χ2n) is 4.19. The van der Waals surface area contributed by atoms with E-state index in [2.05, 4.69) is 26.1 Å². The van der Waals surface area contributed by atoms with Crippen LogP contribution in [0.3, 0.4) is 0 Å². The summed E-state index contributed by atoms with van der Waals surface area (Å²) in [5.41, 5.74) is 1.10. The van der Waals surface area contributed by atoms with Gasteiger partial charge >= 0.3 is 0 Å². The lowest BCUT2D eigenvalue weighted by Gasteiger charge is -2.17. The molecule has 0 heterocycles. The summed E-state index contributed by atoms with van der Waals surface area (Å²) in [6.07, 6.45) is 1.17. The minimum atomic E-state index is 0.494. The standard InChI is InChI=1S/C12H18ClN/c1-9(2)7-10(3)14-12-6-4-5-11(13)8-12/h4-6,8-10,14H,7H2,1-3H3/t10-/m0/s1. The minimum absolute atomic E-state index is 0.494. The highest BCUT2D eigenvalue weighted by Crippen LogP contribution is 2.17. The zero-order chi connectivity index (χ0) is 10.6. The van der Waals surface area contributed by atoms with Crippen LogP contribution >= 0.6 is 11.6 Å². The molecule has 1 aromatic carbocycles. The molecule has 1 N–H and O–H groups in total. The van der Waals surface area contributed by atoms with Gasteiger partial charge in [-0.15, -0.1) is 0 Å². The van der Waals surface area contributed by atoms with Gasteiger partial charge in [-0.05, 0) is 37.5 Å². The van der Waals surface area contributed by atoms with Crippen molar-refractivity contribution in [1.29, 1.82) is 0 Å². The van der Waals surface area contributed by atoms with Gasteiger partial charge in [-0.2, -0.15) is 0 Å². The summed E-state index contributed by atoms with van der Waals surface area (Å²) in [6, 6.07) is 8.35. The van der Waals surface area contributed by atoms with Crippen molar-refractivity contribution in [3.05, 3.63) is 29.3 Å². The maximum absolute atomic E-state index is 5.89. The van der Waals surface area contributed by atoms with E-state index in [4.69, 9.17) is 11.6 Å². The van der Waals surface area contributed by atoms with Gasteiger partial charge in [-0.1, -0.05) is 31.5 Å². The van der Waals surface area contributed by atoms with Gasteiger partial charge in [0.05, 0.1) is 0 Å². The van der Waals surface area contributed by atoms with Crippen molar-refractivity contribution in [1.82, 2.24) is 0 Å². The summed E-state index contributed by atoms with van der Waals surface area (Å²) >= 11 is 5.89. The van der Waals surface area contributed by atoms with Gasteiger partial charge in [0.2, 0.25) is 0 Å². The van der Waals surface area contributed by atoms with Crippen molar-refractivity contribution in [3.63, 3.8) is 0 Å². The quantitative estimate of drug-likeness (QED) is 0.788. The molecule has 0 fully saturated rings. The molecule has 0 aliphatic rings. The molecule has 0 aliphatic carbocycles. The van der Waals surface area contributed by atoms with Crippen LogP contribution in [0.1, 0.15) is 27.2 Å². The highest BCUT2D eigenvalue weighted by molar-refractivity contribution is 6.30. The van der Waals surface area contributed by atoms with Crippen LogP contribution < -0.4 is 5.32 Å². The maximum atomic E-state index is 5.89. The predicted molar refractivity (Wildman–Crippen MR) is 64.0 cm³/mol. The lowest BCUT2D eigenvalue weighted by Crippen LogP contribution is -2.17. The second kappa shape index (κ2) is 5.26. The van der Waals surface area contributed by atoms with Crippen molar-refractivity contribution >= 4 is 17.3 Å². The molecule has 1 atom stereocenters. The van der Waals surface area contributed by atoms with Gasteiger partial charge < -0.3 is 5.32 Å². The molecule has 0 unspecified atom stereocenters. The van der Waals surface area contributed by atoms with Crippen molar-refractivity contribution < 1.29 is 0 Å². The molecule has 1 rings (SSSR count). The fourth-order valence-electron chi connectivity index (χ4n) is 1.63. The van der Waals surface area contributed by atoms with Gasteiger partial charge in [0.15, 0.2) is 0 Å². The van der Waals surface area contributed by atoms with Crippen LogP contribution in [0.25, 0.3) is 0 Å². The number of hydrogen-bond donors (Lipinski definition) is 1. The van der Waals surface area contributed by atoms with Crippen LogP contribution in [0.4, 0.5) is 5.69 Å². The molecule has 0 spiro atoms. The monoisotopic (exact) mass is 211 g/mol. The summed E-state index contributed by atoms with van der Waals surface area (Å²) in [7, 11) is 0. The van der Waals surface area contributed by atoms with Gasteiger partial charge in [0.1, 0.15) is 0 Å². The zero-order valence-corrected chi connectivity index (χ0v) is 9.81. The number of nitrogens with one attached hydrogen (secondary N) is 1. The molecule has 0 aliphatic heterocycles. The molecule has 78 valence electrons. The molecule has 0 radical (unpaired) electrons. The summed E-state index contributed by atoms with van der Waals surface area (Å²) < 4.78 is 0. The Morgan fingerprint density at radius 3 is 2.57 bits per heavy atom. The van der Waals surface area contributed by atoms with E-state index in [1.165, 1.54) is 6.42 Å². The van der Waals surface area contributed by atoms with E-state index in [0.29, 0.717) is 6.04 Å². The summed E-state index contributed by atoms with van der Waals surface area (Å²) in [5.74, 6) is 0.719. The smallest absolute Gasteiger partial charge is 0.0426 e. The number of halogens is 1. The first-order chi connectivity index (χ1) is 6.58. The fourth-order valence-corrected chi connectivity index (χ4v) is 1.82. The normalized spacial score (nSPS) is 12.9. The molecule has 0 saturated heterocycles. The Labute approximate surface area is 91.5 Å². The van der Waals surface area contributed by atoms with Crippen LogP contribution in [0.2, 0.25) is 5.02 Å². The van der Waals surface area contributed by atoms with Crippen LogP contribution in [-0.2, 0) is 0 Å². The highest BCUT2D eigenvalue weighted by atomic mass is 35.5. The van der Waals surface area contributed by atoms with Gasteiger partial charge in [0, 0.05) is 16.8 Å². The molecule has 1 nitrogen and oxygen atoms in total. The third-order valence-corrected chi connectivity index (χ3v) is 2.30. The zero-order valence-electron chi connectivity index (χ0n) is 9.05. The molecule has 0 amide bonds. The summed E-state index contributed by atoms with van der Waals surface area (Å²) in [5, 5.41) is 4.21. The van der Waals surface area contributed by atoms with Crippen molar-refractivity contribution in [3.8, 4) is 0 Å². The molecular formula is C12H18ClN. The minimum Gasteiger partial charge on any atom is -0.383 e. The Bertz CT molecular complexity index is 283. The molecule has 0 aromatic heterocycles. The topological polar surface area (TPSA) is 12.0 Å². The Balaban J connectivity index is 2.51. The maximum Gasteiger partial charge on any atom is 0.0426 e. The average molecular weight is 212 g/mol.